The fraction of sp³-hybridized carbons (Fsp3) is 0.188. The number of nitrogens with one attached hydrogen (secondary N) is 1. The van der Waals surface area contributed by atoms with Crippen molar-refractivity contribution in [2.45, 2.75) is 6.92 Å². The Morgan fingerprint density at radius 1 is 1.15 bits per heavy atom. The van der Waals surface area contributed by atoms with Crippen molar-refractivity contribution in [1.29, 1.82) is 0 Å². The number of aryl methyl sites for hydroxylation is 1. The van der Waals surface area contributed by atoms with Crippen LogP contribution in [0.2, 0.25) is 0 Å². The lowest BCUT2D eigenvalue weighted by atomic mass is 10.2. The zero-order chi connectivity index (χ0) is 14.1. The number of rotatable bonds is 3. The Morgan fingerprint density at radius 3 is 2.70 bits per heavy atom. The second-order valence-electron chi connectivity index (χ2n) is 4.92. The lowest BCUT2D eigenvalue weighted by Crippen LogP contribution is -2.30. The van der Waals surface area contributed by atoms with Crippen LogP contribution >= 0.6 is 0 Å². The molecule has 1 heterocycles. The van der Waals surface area contributed by atoms with E-state index in [1.165, 1.54) is 0 Å². The van der Waals surface area contributed by atoms with E-state index < -0.39 is 0 Å². The number of Topliss-reactive ketones (excluding diaryl/α,β-unsaturated/α-hetero) is 1. The minimum absolute atomic E-state index is 0.117. The molecule has 0 saturated carbocycles. The fourth-order valence-electron chi connectivity index (χ4n) is 2.32. The molecule has 1 aromatic heterocycles. The summed E-state index contributed by atoms with van der Waals surface area (Å²) in [5.41, 5.74) is 4.98. The van der Waals surface area contributed by atoms with Gasteiger partial charge in [0.2, 0.25) is 11.0 Å². The zero-order valence-corrected chi connectivity index (χ0v) is 11.6. The van der Waals surface area contributed by atoms with Crippen LogP contribution in [0.3, 0.4) is 0 Å². The highest BCUT2D eigenvalue weighted by molar-refractivity contribution is 5.85. The minimum atomic E-state index is 0.117. The van der Waals surface area contributed by atoms with Gasteiger partial charge in [0.1, 0.15) is 23.9 Å². The molecule has 3 aromatic rings. The normalized spacial score (nSPS) is 10.9. The van der Waals surface area contributed by atoms with Crippen LogP contribution in [-0.2, 0) is 11.8 Å². The summed E-state index contributed by atoms with van der Waals surface area (Å²) in [6, 6.07) is 14.0. The van der Waals surface area contributed by atoms with Crippen LogP contribution in [0.15, 0.2) is 42.5 Å². The molecule has 0 spiro atoms. The highest BCUT2D eigenvalue weighted by atomic mass is 16.1. The molecule has 0 unspecified atom stereocenters. The lowest BCUT2D eigenvalue weighted by molar-refractivity contribution is -0.617. The molecule has 0 bridgehead atoms. The third-order valence-electron chi connectivity index (χ3n) is 3.36. The second kappa shape index (κ2) is 4.89. The highest BCUT2D eigenvalue weighted by Gasteiger charge is 2.12. The second-order valence-corrected chi connectivity index (χ2v) is 4.92. The Bertz CT molecular complexity index is 811. The van der Waals surface area contributed by atoms with Crippen molar-refractivity contribution < 1.29 is 9.36 Å². The van der Waals surface area contributed by atoms with Crippen LogP contribution in [0, 0.1) is 0 Å². The highest BCUT2D eigenvalue weighted by Crippen LogP contribution is 2.17. The average molecular weight is 266 g/mol. The number of nitrogens with zero attached hydrogens (tertiary/aromatic N) is 2. The van der Waals surface area contributed by atoms with Crippen molar-refractivity contribution in [2.75, 3.05) is 11.9 Å². The Balaban J connectivity index is 2.15. The molecule has 0 aliphatic heterocycles. The summed E-state index contributed by atoms with van der Waals surface area (Å²) in [4.78, 5) is 15.7. The first kappa shape index (κ1) is 12.5. The molecule has 1 N–H and O–H groups in total. The van der Waals surface area contributed by atoms with Crippen LogP contribution in [0.1, 0.15) is 6.92 Å². The van der Waals surface area contributed by atoms with Crippen molar-refractivity contribution >= 4 is 33.5 Å². The molecule has 2 aromatic carbocycles. The largest absolute Gasteiger partial charge is 0.378 e. The van der Waals surface area contributed by atoms with Gasteiger partial charge in [-0.1, -0.05) is 12.1 Å². The van der Waals surface area contributed by atoms with Crippen LogP contribution in [0.5, 0.6) is 0 Å². The number of hydrogen-bond donors (Lipinski definition) is 1. The van der Waals surface area contributed by atoms with Gasteiger partial charge in [-0.15, -0.1) is 0 Å². The molecule has 0 radical (unpaired) electrons. The predicted molar refractivity (Wildman–Crippen MR) is 79.6 cm³/mol. The van der Waals surface area contributed by atoms with Gasteiger partial charge in [-0.3, -0.25) is 4.79 Å². The third-order valence-corrected chi connectivity index (χ3v) is 3.36. The molecule has 20 heavy (non-hydrogen) atoms. The SMILES string of the molecule is CC(=O)CNc1ccc2nc3ccccc3[n+](C)c2c1. The van der Waals surface area contributed by atoms with Crippen LogP contribution in [0.25, 0.3) is 22.1 Å². The van der Waals surface area contributed by atoms with Crippen LogP contribution in [0.4, 0.5) is 5.69 Å². The van der Waals surface area contributed by atoms with E-state index in [0.29, 0.717) is 6.54 Å². The van der Waals surface area contributed by atoms with E-state index in [0.717, 1.165) is 27.8 Å². The van der Waals surface area contributed by atoms with Gasteiger partial charge in [0.05, 0.1) is 6.54 Å². The fourth-order valence-corrected chi connectivity index (χ4v) is 2.32. The molecular weight excluding hydrogens is 250 g/mol. The maximum Gasteiger partial charge on any atom is 0.233 e. The van der Waals surface area contributed by atoms with E-state index in [4.69, 9.17) is 0 Å². The quantitative estimate of drug-likeness (QED) is 0.584. The molecule has 0 saturated heterocycles. The van der Waals surface area contributed by atoms with Gasteiger partial charge in [0, 0.05) is 17.8 Å². The van der Waals surface area contributed by atoms with Crippen molar-refractivity contribution in [3.05, 3.63) is 42.5 Å². The van der Waals surface area contributed by atoms with Gasteiger partial charge in [-0.25, -0.2) is 4.98 Å². The van der Waals surface area contributed by atoms with Gasteiger partial charge in [-0.05, 0) is 25.1 Å². The summed E-state index contributed by atoms with van der Waals surface area (Å²) in [7, 11) is 2.03. The molecule has 100 valence electrons. The van der Waals surface area contributed by atoms with Gasteiger partial charge < -0.3 is 5.32 Å². The van der Waals surface area contributed by atoms with E-state index in [2.05, 4.69) is 20.9 Å². The van der Waals surface area contributed by atoms with Gasteiger partial charge in [0.25, 0.3) is 0 Å². The predicted octanol–water partition coefficient (Wildman–Crippen LogP) is 2.21. The minimum Gasteiger partial charge on any atom is -0.378 e. The van der Waals surface area contributed by atoms with Crippen molar-refractivity contribution in [3.8, 4) is 0 Å². The maximum absolute atomic E-state index is 11.0. The summed E-state index contributed by atoms with van der Waals surface area (Å²) in [5.74, 6) is 0.117. The van der Waals surface area contributed by atoms with E-state index in [1.807, 2.05) is 43.4 Å². The van der Waals surface area contributed by atoms with Crippen molar-refractivity contribution in [2.24, 2.45) is 7.05 Å². The maximum atomic E-state index is 11.0. The molecule has 4 heteroatoms. The van der Waals surface area contributed by atoms with Crippen molar-refractivity contribution in [1.82, 2.24) is 4.98 Å². The van der Waals surface area contributed by atoms with Crippen molar-refractivity contribution in [3.63, 3.8) is 0 Å². The Hall–Kier alpha value is -2.49. The molecule has 0 atom stereocenters. The standard InChI is InChI=1S/C16H15N3O/c1-11(20)10-17-12-7-8-14-16(9-12)19(2)15-6-4-3-5-13(15)18-14/h3-9H,10H2,1-2H3/p+1. The molecule has 3 rings (SSSR count). The first-order chi connectivity index (χ1) is 9.65. The topological polar surface area (TPSA) is 45.9 Å². The van der Waals surface area contributed by atoms with E-state index >= 15 is 0 Å². The lowest BCUT2D eigenvalue weighted by Gasteiger charge is -2.05. The number of fused-ring (bicyclic) bond motifs is 2. The molecule has 0 fully saturated rings. The number of aromatic nitrogens is 2. The van der Waals surface area contributed by atoms with E-state index in [9.17, 15) is 4.79 Å². The molecule has 0 aliphatic carbocycles. The summed E-state index contributed by atoms with van der Waals surface area (Å²) in [6.45, 7) is 1.92. The zero-order valence-electron chi connectivity index (χ0n) is 11.6. The first-order valence-corrected chi connectivity index (χ1v) is 6.57. The molecule has 0 aliphatic rings. The summed E-state index contributed by atoms with van der Waals surface area (Å²) < 4.78 is 2.12. The third kappa shape index (κ3) is 2.20. The number of ketones is 1. The first-order valence-electron chi connectivity index (χ1n) is 6.57. The number of para-hydroxylation sites is 2. The van der Waals surface area contributed by atoms with E-state index in [-0.39, 0.29) is 5.78 Å². The van der Waals surface area contributed by atoms with Gasteiger partial charge in [-0.2, -0.15) is 4.57 Å². The number of carbonyl (C=O) groups excluding carboxylic acids is 1. The average Bonchev–Trinajstić information content (AvgIpc) is 2.46. The van der Waals surface area contributed by atoms with Crippen LogP contribution in [-0.4, -0.2) is 17.3 Å². The molecule has 0 amide bonds. The monoisotopic (exact) mass is 266 g/mol. The molecule has 4 nitrogen and oxygen atoms in total. The number of benzene rings is 2. The Morgan fingerprint density at radius 2 is 1.90 bits per heavy atom. The smallest absolute Gasteiger partial charge is 0.233 e. The Labute approximate surface area is 117 Å². The summed E-state index contributed by atoms with van der Waals surface area (Å²) >= 11 is 0. The number of anilines is 1. The number of carbonyl (C=O) groups is 1. The summed E-state index contributed by atoms with van der Waals surface area (Å²) in [6.07, 6.45) is 0. The van der Waals surface area contributed by atoms with Gasteiger partial charge in [0.15, 0.2) is 0 Å². The van der Waals surface area contributed by atoms with Gasteiger partial charge >= 0.3 is 0 Å². The molecular formula is C16H16N3O+. The van der Waals surface area contributed by atoms with Crippen LogP contribution < -0.4 is 9.88 Å². The Kier molecular flexibility index (Phi) is 3.06. The number of hydrogen-bond acceptors (Lipinski definition) is 3. The van der Waals surface area contributed by atoms with E-state index in [1.54, 1.807) is 6.92 Å². The summed E-state index contributed by atoms with van der Waals surface area (Å²) in [5, 5.41) is 3.12.